The third kappa shape index (κ3) is 4.61. The van der Waals surface area contributed by atoms with Crippen LogP contribution in [-0.4, -0.2) is 23.9 Å². The van der Waals surface area contributed by atoms with Gasteiger partial charge in [0.1, 0.15) is 17.6 Å². The van der Waals surface area contributed by atoms with Crippen molar-refractivity contribution in [1.82, 2.24) is 4.90 Å². The monoisotopic (exact) mass is 393 g/mol. The van der Waals surface area contributed by atoms with Crippen molar-refractivity contribution in [3.63, 3.8) is 0 Å². The van der Waals surface area contributed by atoms with Gasteiger partial charge in [-0.2, -0.15) is 5.26 Å². The third-order valence-electron chi connectivity index (χ3n) is 4.54. The van der Waals surface area contributed by atoms with Gasteiger partial charge in [-0.15, -0.1) is 0 Å². The van der Waals surface area contributed by atoms with Crippen molar-refractivity contribution in [2.24, 2.45) is 0 Å². The van der Waals surface area contributed by atoms with Gasteiger partial charge in [-0.25, -0.2) is 0 Å². The molecule has 1 amide bonds. The van der Waals surface area contributed by atoms with Crippen molar-refractivity contribution < 1.29 is 9.21 Å². The number of nitrogens with one attached hydrogen (secondary N) is 1. The summed E-state index contributed by atoms with van der Waals surface area (Å²) in [6.07, 6.45) is 0. The van der Waals surface area contributed by atoms with Crippen molar-refractivity contribution in [1.29, 1.82) is 5.26 Å². The van der Waals surface area contributed by atoms with Crippen LogP contribution in [0.4, 0.5) is 5.69 Å². The summed E-state index contributed by atoms with van der Waals surface area (Å²) in [5.74, 6) is 1.32. The minimum atomic E-state index is -0.407. The maximum Gasteiger partial charge on any atom is 0.241 e. The van der Waals surface area contributed by atoms with Gasteiger partial charge in [-0.3, -0.25) is 9.69 Å². The molecule has 1 N–H and O–H groups in total. The van der Waals surface area contributed by atoms with Crippen LogP contribution in [0.15, 0.2) is 65.1 Å². The van der Waals surface area contributed by atoms with E-state index in [1.165, 1.54) is 0 Å². The average Bonchev–Trinajstić information content (AvgIpc) is 3.16. The Labute approximate surface area is 169 Å². The number of hydrogen-bond donors (Lipinski definition) is 1. The largest absolute Gasteiger partial charge is 0.460 e. The van der Waals surface area contributed by atoms with E-state index < -0.39 is 6.04 Å². The normalized spacial score (nSPS) is 11.8. The molecular formula is C22H20ClN3O2. The molecule has 6 heteroatoms. The van der Waals surface area contributed by atoms with Crippen LogP contribution < -0.4 is 5.32 Å². The fraction of sp³-hybridized carbons (Fsp3) is 0.182. The number of halogens is 1. The predicted octanol–water partition coefficient (Wildman–Crippen LogP) is 4.93. The van der Waals surface area contributed by atoms with Crippen LogP contribution in [0.3, 0.4) is 0 Å². The number of hydrogen-bond acceptors (Lipinski definition) is 4. The maximum atomic E-state index is 12.6. The fourth-order valence-electron chi connectivity index (χ4n) is 2.74. The standard InChI is InChI=1S/C22H20ClN3O2/c1-15(22(27)25-20-6-4-3-5-17(20)13-24)26(2)14-19-11-12-21(28-19)16-7-9-18(23)10-8-16/h3-12,15H,14H2,1-2H3,(H,25,27). The Hall–Kier alpha value is -3.07. The summed E-state index contributed by atoms with van der Waals surface area (Å²) in [6, 6.07) is 19.8. The van der Waals surface area contributed by atoms with Gasteiger partial charge in [0.15, 0.2) is 0 Å². The molecule has 3 rings (SSSR count). The van der Waals surface area contributed by atoms with Crippen LogP contribution in [0.5, 0.6) is 0 Å². The first kappa shape index (κ1) is 19.7. The summed E-state index contributed by atoms with van der Waals surface area (Å²) < 4.78 is 5.91. The molecule has 0 saturated heterocycles. The zero-order valence-corrected chi connectivity index (χ0v) is 16.4. The van der Waals surface area contributed by atoms with E-state index in [2.05, 4.69) is 11.4 Å². The van der Waals surface area contributed by atoms with Gasteiger partial charge in [-0.05, 0) is 62.5 Å². The quantitative estimate of drug-likeness (QED) is 0.644. The lowest BCUT2D eigenvalue weighted by atomic mass is 10.2. The van der Waals surface area contributed by atoms with Crippen LogP contribution >= 0.6 is 11.6 Å². The number of para-hydroxylation sites is 1. The molecule has 0 saturated carbocycles. The molecule has 2 aromatic carbocycles. The lowest BCUT2D eigenvalue weighted by Gasteiger charge is -2.23. The summed E-state index contributed by atoms with van der Waals surface area (Å²) in [5, 5.41) is 12.6. The minimum Gasteiger partial charge on any atom is -0.460 e. The number of nitriles is 1. The second-order valence-corrected chi connectivity index (χ2v) is 6.95. The van der Waals surface area contributed by atoms with Crippen LogP contribution in [0.25, 0.3) is 11.3 Å². The smallest absolute Gasteiger partial charge is 0.241 e. The van der Waals surface area contributed by atoms with E-state index in [-0.39, 0.29) is 5.91 Å². The highest BCUT2D eigenvalue weighted by Gasteiger charge is 2.20. The Morgan fingerprint density at radius 2 is 1.89 bits per heavy atom. The first-order valence-corrected chi connectivity index (χ1v) is 9.20. The van der Waals surface area contributed by atoms with E-state index in [4.69, 9.17) is 21.3 Å². The molecule has 0 radical (unpaired) electrons. The number of carbonyl (C=O) groups is 1. The Morgan fingerprint density at radius 3 is 2.61 bits per heavy atom. The fourth-order valence-corrected chi connectivity index (χ4v) is 2.87. The molecule has 1 unspecified atom stereocenters. The van der Waals surface area contributed by atoms with Gasteiger partial charge in [0.05, 0.1) is 23.8 Å². The maximum absolute atomic E-state index is 12.6. The van der Waals surface area contributed by atoms with Crippen LogP contribution in [0.1, 0.15) is 18.2 Å². The number of nitrogens with zero attached hydrogens (tertiary/aromatic N) is 2. The highest BCUT2D eigenvalue weighted by Crippen LogP contribution is 2.24. The van der Waals surface area contributed by atoms with Gasteiger partial charge in [0, 0.05) is 10.6 Å². The molecule has 1 aromatic heterocycles. The molecule has 5 nitrogen and oxygen atoms in total. The summed E-state index contributed by atoms with van der Waals surface area (Å²) in [6.45, 7) is 2.29. The van der Waals surface area contributed by atoms with E-state index in [1.807, 2.05) is 55.3 Å². The van der Waals surface area contributed by atoms with Crippen molar-refractivity contribution in [2.75, 3.05) is 12.4 Å². The van der Waals surface area contributed by atoms with Crippen LogP contribution in [-0.2, 0) is 11.3 Å². The van der Waals surface area contributed by atoms with E-state index in [0.29, 0.717) is 22.8 Å². The Kier molecular flexibility index (Phi) is 6.15. The molecule has 3 aromatic rings. The second kappa shape index (κ2) is 8.75. The topological polar surface area (TPSA) is 69.3 Å². The van der Waals surface area contributed by atoms with Gasteiger partial charge in [0.25, 0.3) is 0 Å². The average molecular weight is 394 g/mol. The predicted molar refractivity (Wildman–Crippen MR) is 110 cm³/mol. The molecule has 0 aliphatic rings. The third-order valence-corrected chi connectivity index (χ3v) is 4.79. The van der Waals surface area contributed by atoms with E-state index in [9.17, 15) is 4.79 Å². The van der Waals surface area contributed by atoms with Gasteiger partial charge in [-0.1, -0.05) is 23.7 Å². The number of benzene rings is 2. The van der Waals surface area contributed by atoms with Gasteiger partial charge < -0.3 is 9.73 Å². The zero-order chi connectivity index (χ0) is 20.1. The van der Waals surface area contributed by atoms with E-state index in [1.54, 1.807) is 24.3 Å². The molecule has 0 bridgehead atoms. The van der Waals surface area contributed by atoms with E-state index in [0.717, 1.165) is 17.1 Å². The number of likely N-dealkylation sites (N-methyl/N-ethyl adjacent to an activating group) is 1. The highest BCUT2D eigenvalue weighted by atomic mass is 35.5. The SMILES string of the molecule is CC(C(=O)Nc1ccccc1C#N)N(C)Cc1ccc(-c2ccc(Cl)cc2)o1. The Morgan fingerprint density at radius 1 is 1.18 bits per heavy atom. The van der Waals surface area contributed by atoms with Crippen molar-refractivity contribution in [3.05, 3.63) is 77.0 Å². The van der Waals surface area contributed by atoms with Crippen molar-refractivity contribution >= 4 is 23.2 Å². The lowest BCUT2D eigenvalue weighted by molar-refractivity contribution is -0.120. The van der Waals surface area contributed by atoms with Crippen LogP contribution in [0, 0.1) is 11.3 Å². The highest BCUT2D eigenvalue weighted by molar-refractivity contribution is 6.30. The Bertz CT molecular complexity index is 1010. The first-order chi connectivity index (χ1) is 13.5. The minimum absolute atomic E-state index is 0.185. The first-order valence-electron chi connectivity index (χ1n) is 8.83. The number of anilines is 1. The lowest BCUT2D eigenvalue weighted by Crippen LogP contribution is -2.39. The summed E-state index contributed by atoms with van der Waals surface area (Å²) in [4.78, 5) is 14.4. The second-order valence-electron chi connectivity index (χ2n) is 6.51. The number of rotatable bonds is 6. The zero-order valence-electron chi connectivity index (χ0n) is 15.6. The molecule has 28 heavy (non-hydrogen) atoms. The van der Waals surface area contributed by atoms with Gasteiger partial charge in [0.2, 0.25) is 5.91 Å². The molecule has 142 valence electrons. The molecular weight excluding hydrogens is 374 g/mol. The molecule has 0 spiro atoms. The molecule has 0 fully saturated rings. The molecule has 1 heterocycles. The van der Waals surface area contributed by atoms with E-state index >= 15 is 0 Å². The summed E-state index contributed by atoms with van der Waals surface area (Å²) in [7, 11) is 1.85. The Balaban J connectivity index is 1.64. The number of amides is 1. The number of furan rings is 1. The van der Waals surface area contributed by atoms with Gasteiger partial charge >= 0.3 is 0 Å². The summed E-state index contributed by atoms with van der Waals surface area (Å²) >= 11 is 5.92. The van der Waals surface area contributed by atoms with Crippen molar-refractivity contribution in [3.8, 4) is 17.4 Å². The van der Waals surface area contributed by atoms with Crippen LogP contribution in [0.2, 0.25) is 5.02 Å². The summed E-state index contributed by atoms with van der Waals surface area (Å²) in [5.41, 5.74) is 1.89. The van der Waals surface area contributed by atoms with Crippen molar-refractivity contribution in [2.45, 2.75) is 19.5 Å². The molecule has 0 aliphatic heterocycles. The number of carbonyl (C=O) groups excluding carboxylic acids is 1. The molecule has 1 atom stereocenters. The molecule has 0 aliphatic carbocycles.